The highest BCUT2D eigenvalue weighted by Gasteiger charge is 2.40. The molecule has 2 rings (SSSR count). The van der Waals surface area contributed by atoms with Gasteiger partial charge in [-0.25, -0.2) is 0 Å². The minimum Gasteiger partial charge on any atom is -0.396 e. The molecule has 1 aromatic rings. The zero-order valence-corrected chi connectivity index (χ0v) is 11.6. The molecule has 1 aromatic carbocycles. The summed E-state index contributed by atoms with van der Waals surface area (Å²) in [4.78, 5) is 0. The first kappa shape index (κ1) is 13.1. The monoisotopic (exact) mass is 297 g/mol. The number of nitrogens with two attached hydrogens (primary N) is 1. The van der Waals surface area contributed by atoms with Crippen LogP contribution in [0.2, 0.25) is 0 Å². The molecule has 0 aliphatic heterocycles. The maximum Gasteiger partial charge on any atom is 0.0493 e. The van der Waals surface area contributed by atoms with Crippen molar-refractivity contribution >= 4 is 15.9 Å². The summed E-state index contributed by atoms with van der Waals surface area (Å²) in [6.45, 7) is 0.860. The predicted octanol–water partition coefficient (Wildman–Crippen LogP) is 3.04. The number of hydrogen-bond donors (Lipinski definition) is 2. The van der Waals surface area contributed by atoms with Gasteiger partial charge in [-0.1, -0.05) is 40.9 Å². The fourth-order valence-electron chi connectivity index (χ4n) is 3.16. The molecule has 3 heteroatoms. The third kappa shape index (κ3) is 2.56. The van der Waals surface area contributed by atoms with Gasteiger partial charge in [0, 0.05) is 22.4 Å². The summed E-state index contributed by atoms with van der Waals surface area (Å²) in [5, 5.41) is 9.78. The average molecular weight is 298 g/mol. The molecule has 0 unspecified atom stereocenters. The van der Waals surface area contributed by atoms with Crippen LogP contribution in [-0.2, 0) is 0 Å². The second kappa shape index (κ2) is 5.51. The maximum atomic E-state index is 9.78. The maximum absolute atomic E-state index is 9.78. The first-order valence-electron chi connectivity index (χ1n) is 6.28. The van der Waals surface area contributed by atoms with E-state index in [1.54, 1.807) is 0 Å². The Balaban J connectivity index is 2.32. The van der Waals surface area contributed by atoms with Gasteiger partial charge in [0.25, 0.3) is 0 Å². The number of hydrogen-bond acceptors (Lipinski definition) is 2. The molecule has 1 aliphatic carbocycles. The second-order valence-corrected chi connectivity index (χ2v) is 5.99. The SMILES string of the molecule is NC[C@H](c1cccc(Br)c1)C1(CO)CCCC1. The molecule has 0 heterocycles. The Morgan fingerprint density at radius 2 is 2.06 bits per heavy atom. The molecule has 94 valence electrons. The Kier molecular flexibility index (Phi) is 4.23. The molecule has 2 nitrogen and oxygen atoms in total. The van der Waals surface area contributed by atoms with Crippen LogP contribution in [0.3, 0.4) is 0 Å². The summed E-state index contributed by atoms with van der Waals surface area (Å²) < 4.78 is 1.08. The number of aliphatic hydroxyl groups excluding tert-OH is 1. The van der Waals surface area contributed by atoms with Crippen molar-refractivity contribution in [2.45, 2.75) is 31.6 Å². The molecular weight excluding hydrogens is 278 g/mol. The standard InChI is InChI=1S/C14H20BrNO/c15-12-5-3-4-11(8-12)13(9-16)14(10-17)6-1-2-7-14/h3-5,8,13,17H,1-2,6-7,9-10,16H2/t13-/m1/s1. The summed E-state index contributed by atoms with van der Waals surface area (Å²) in [7, 11) is 0. The molecule has 1 aliphatic rings. The van der Waals surface area contributed by atoms with E-state index in [0.717, 1.165) is 17.3 Å². The molecule has 0 radical (unpaired) electrons. The lowest BCUT2D eigenvalue weighted by Gasteiger charge is -2.35. The molecule has 1 atom stereocenters. The summed E-state index contributed by atoms with van der Waals surface area (Å²) in [5.74, 6) is 0.271. The Morgan fingerprint density at radius 1 is 1.35 bits per heavy atom. The van der Waals surface area contributed by atoms with E-state index < -0.39 is 0 Å². The van der Waals surface area contributed by atoms with Crippen LogP contribution >= 0.6 is 15.9 Å². The molecule has 0 bridgehead atoms. The van der Waals surface area contributed by atoms with Crippen molar-refractivity contribution in [1.29, 1.82) is 0 Å². The van der Waals surface area contributed by atoms with Gasteiger partial charge < -0.3 is 10.8 Å². The highest BCUT2D eigenvalue weighted by molar-refractivity contribution is 9.10. The number of rotatable bonds is 4. The highest BCUT2D eigenvalue weighted by Crippen LogP contribution is 2.48. The van der Waals surface area contributed by atoms with Gasteiger partial charge in [0.1, 0.15) is 0 Å². The average Bonchev–Trinajstić information content (AvgIpc) is 2.80. The molecule has 0 spiro atoms. The fraction of sp³-hybridized carbons (Fsp3) is 0.571. The minimum absolute atomic E-state index is 0.00947. The van der Waals surface area contributed by atoms with Gasteiger partial charge in [0.05, 0.1) is 0 Å². The Bertz CT molecular complexity index is 374. The van der Waals surface area contributed by atoms with Crippen molar-refractivity contribution in [3.05, 3.63) is 34.3 Å². The lowest BCUT2D eigenvalue weighted by atomic mass is 9.71. The van der Waals surface area contributed by atoms with Crippen LogP contribution in [0.25, 0.3) is 0 Å². The summed E-state index contributed by atoms with van der Waals surface area (Å²) in [6.07, 6.45) is 4.62. The third-order valence-electron chi connectivity index (χ3n) is 4.14. The Hall–Kier alpha value is -0.380. The number of halogens is 1. The van der Waals surface area contributed by atoms with Gasteiger partial charge in [-0.2, -0.15) is 0 Å². The summed E-state index contributed by atoms with van der Waals surface area (Å²) >= 11 is 3.50. The molecular formula is C14H20BrNO. The molecule has 0 aromatic heterocycles. The molecule has 1 saturated carbocycles. The fourth-order valence-corrected chi connectivity index (χ4v) is 3.58. The van der Waals surface area contributed by atoms with E-state index in [0.29, 0.717) is 6.54 Å². The van der Waals surface area contributed by atoms with Gasteiger partial charge in [-0.05, 0) is 37.1 Å². The molecule has 1 fully saturated rings. The van der Waals surface area contributed by atoms with E-state index in [2.05, 4.69) is 28.1 Å². The van der Waals surface area contributed by atoms with Crippen LogP contribution in [0, 0.1) is 5.41 Å². The van der Waals surface area contributed by atoms with Crippen molar-refractivity contribution < 1.29 is 5.11 Å². The van der Waals surface area contributed by atoms with Crippen LogP contribution in [0.15, 0.2) is 28.7 Å². The van der Waals surface area contributed by atoms with Gasteiger partial charge in [-0.15, -0.1) is 0 Å². The van der Waals surface area contributed by atoms with E-state index in [4.69, 9.17) is 5.73 Å². The van der Waals surface area contributed by atoms with Crippen molar-refractivity contribution in [1.82, 2.24) is 0 Å². The Labute approximate surface area is 111 Å². The molecule has 0 amide bonds. The van der Waals surface area contributed by atoms with Crippen LogP contribution in [-0.4, -0.2) is 18.3 Å². The number of benzene rings is 1. The van der Waals surface area contributed by atoms with Crippen molar-refractivity contribution in [3.8, 4) is 0 Å². The van der Waals surface area contributed by atoms with Crippen LogP contribution in [0.1, 0.15) is 37.2 Å². The quantitative estimate of drug-likeness (QED) is 0.897. The van der Waals surface area contributed by atoms with E-state index in [1.807, 2.05) is 12.1 Å². The normalized spacial score (nSPS) is 20.4. The lowest BCUT2D eigenvalue weighted by Crippen LogP contribution is -2.34. The van der Waals surface area contributed by atoms with Gasteiger partial charge >= 0.3 is 0 Å². The Morgan fingerprint density at radius 3 is 2.59 bits per heavy atom. The molecule has 3 N–H and O–H groups in total. The largest absolute Gasteiger partial charge is 0.396 e. The van der Waals surface area contributed by atoms with Crippen LogP contribution < -0.4 is 5.73 Å². The zero-order valence-electron chi connectivity index (χ0n) is 10.0. The van der Waals surface area contributed by atoms with Crippen LogP contribution in [0.5, 0.6) is 0 Å². The highest BCUT2D eigenvalue weighted by atomic mass is 79.9. The first-order valence-corrected chi connectivity index (χ1v) is 7.07. The smallest absolute Gasteiger partial charge is 0.0493 e. The van der Waals surface area contributed by atoms with Gasteiger partial charge in [0.2, 0.25) is 0 Å². The van der Waals surface area contributed by atoms with Crippen molar-refractivity contribution in [2.24, 2.45) is 11.1 Å². The summed E-state index contributed by atoms with van der Waals surface area (Å²) in [5.41, 5.74) is 7.23. The topological polar surface area (TPSA) is 46.2 Å². The third-order valence-corrected chi connectivity index (χ3v) is 4.63. The van der Waals surface area contributed by atoms with Crippen LogP contribution in [0.4, 0.5) is 0 Å². The van der Waals surface area contributed by atoms with E-state index in [9.17, 15) is 5.11 Å². The van der Waals surface area contributed by atoms with Gasteiger partial charge in [0.15, 0.2) is 0 Å². The first-order chi connectivity index (χ1) is 8.22. The van der Waals surface area contributed by atoms with Gasteiger partial charge in [-0.3, -0.25) is 0 Å². The lowest BCUT2D eigenvalue weighted by molar-refractivity contribution is 0.102. The van der Waals surface area contributed by atoms with E-state index in [1.165, 1.54) is 18.4 Å². The second-order valence-electron chi connectivity index (χ2n) is 5.07. The number of aliphatic hydroxyl groups is 1. The summed E-state index contributed by atoms with van der Waals surface area (Å²) in [6, 6.07) is 8.32. The molecule has 17 heavy (non-hydrogen) atoms. The minimum atomic E-state index is 0.00947. The van der Waals surface area contributed by atoms with Crippen molar-refractivity contribution in [3.63, 3.8) is 0 Å². The molecule has 0 saturated heterocycles. The van der Waals surface area contributed by atoms with E-state index in [-0.39, 0.29) is 17.9 Å². The predicted molar refractivity (Wildman–Crippen MR) is 73.9 cm³/mol. The van der Waals surface area contributed by atoms with Crippen molar-refractivity contribution in [2.75, 3.05) is 13.2 Å². The van der Waals surface area contributed by atoms with E-state index >= 15 is 0 Å². The zero-order chi connectivity index (χ0) is 12.3.